The van der Waals surface area contributed by atoms with Gasteiger partial charge in [-0.2, -0.15) is 0 Å². The molecule has 0 spiro atoms. The molecule has 0 aliphatic carbocycles. The molecule has 2 amide bonds. The van der Waals surface area contributed by atoms with Crippen LogP contribution < -0.4 is 20.1 Å². The molecule has 0 fully saturated rings. The molecule has 6 heteroatoms. The molecule has 0 saturated heterocycles. The lowest BCUT2D eigenvalue weighted by Crippen LogP contribution is -2.25. The summed E-state index contributed by atoms with van der Waals surface area (Å²) >= 11 is 0. The van der Waals surface area contributed by atoms with Crippen LogP contribution in [0.2, 0.25) is 0 Å². The Balaban J connectivity index is 1.95. The molecular formula is C20H24N2O4. The van der Waals surface area contributed by atoms with Crippen LogP contribution in [0, 0.1) is 6.92 Å². The lowest BCUT2D eigenvalue weighted by Gasteiger charge is -2.13. The Hall–Kier alpha value is -3.02. The zero-order valence-corrected chi connectivity index (χ0v) is 15.3. The highest BCUT2D eigenvalue weighted by Gasteiger charge is 2.15. The monoisotopic (exact) mass is 356 g/mol. The van der Waals surface area contributed by atoms with Gasteiger partial charge < -0.3 is 20.1 Å². The molecular weight excluding hydrogens is 332 g/mol. The number of hydrogen-bond acceptors (Lipinski definition) is 4. The maximum absolute atomic E-state index is 12.2. The van der Waals surface area contributed by atoms with Gasteiger partial charge in [-0.25, -0.2) is 0 Å². The first-order chi connectivity index (χ1) is 12.5. The van der Waals surface area contributed by atoms with Gasteiger partial charge in [-0.05, 0) is 49.2 Å². The third-order valence-corrected chi connectivity index (χ3v) is 3.67. The highest BCUT2D eigenvalue weighted by molar-refractivity contribution is 6.05. The Morgan fingerprint density at radius 2 is 1.65 bits per heavy atom. The molecule has 2 N–H and O–H groups in total. The van der Waals surface area contributed by atoms with Gasteiger partial charge in [-0.15, -0.1) is 0 Å². The van der Waals surface area contributed by atoms with Crippen molar-refractivity contribution < 1.29 is 19.1 Å². The van der Waals surface area contributed by atoms with Crippen molar-refractivity contribution in [2.45, 2.75) is 20.3 Å². The minimum atomic E-state index is -0.341. The molecule has 2 aromatic rings. The molecule has 26 heavy (non-hydrogen) atoms. The SMILES string of the molecule is CCCOc1ccc(OCC(=O)Nc2cccc(C)c2C(=O)NC)cc1. The van der Waals surface area contributed by atoms with Gasteiger partial charge in [0.1, 0.15) is 11.5 Å². The largest absolute Gasteiger partial charge is 0.494 e. The highest BCUT2D eigenvalue weighted by Crippen LogP contribution is 2.20. The first-order valence-corrected chi connectivity index (χ1v) is 8.52. The van der Waals surface area contributed by atoms with Crippen LogP contribution in [0.25, 0.3) is 0 Å². The summed E-state index contributed by atoms with van der Waals surface area (Å²) in [4.78, 5) is 24.2. The molecule has 0 atom stereocenters. The van der Waals surface area contributed by atoms with Crippen molar-refractivity contribution in [1.82, 2.24) is 5.32 Å². The van der Waals surface area contributed by atoms with Crippen LogP contribution >= 0.6 is 0 Å². The van der Waals surface area contributed by atoms with Crippen LogP contribution in [-0.4, -0.2) is 32.1 Å². The summed E-state index contributed by atoms with van der Waals surface area (Å²) in [5, 5.41) is 5.31. The quantitative estimate of drug-likeness (QED) is 0.762. The number of rotatable bonds is 8. The fraction of sp³-hybridized carbons (Fsp3) is 0.300. The van der Waals surface area contributed by atoms with E-state index in [1.54, 1.807) is 43.4 Å². The second kappa shape index (κ2) is 9.46. The molecule has 6 nitrogen and oxygen atoms in total. The summed E-state index contributed by atoms with van der Waals surface area (Å²) in [6.45, 7) is 4.36. The number of carbonyl (C=O) groups is 2. The van der Waals surface area contributed by atoms with E-state index >= 15 is 0 Å². The van der Waals surface area contributed by atoms with Crippen molar-refractivity contribution in [2.24, 2.45) is 0 Å². The molecule has 0 aliphatic heterocycles. The first-order valence-electron chi connectivity index (χ1n) is 8.52. The standard InChI is InChI=1S/C20H24N2O4/c1-4-12-25-15-8-10-16(11-9-15)26-13-18(23)22-17-7-5-6-14(2)19(17)20(24)21-3/h5-11H,4,12-13H2,1-3H3,(H,21,24)(H,22,23). The maximum atomic E-state index is 12.2. The third-order valence-electron chi connectivity index (χ3n) is 3.67. The normalized spacial score (nSPS) is 10.1. The number of benzene rings is 2. The average Bonchev–Trinajstić information content (AvgIpc) is 2.65. The Kier molecular flexibility index (Phi) is 7.02. The zero-order valence-electron chi connectivity index (χ0n) is 15.3. The van der Waals surface area contributed by atoms with Crippen LogP contribution in [0.4, 0.5) is 5.69 Å². The maximum Gasteiger partial charge on any atom is 0.262 e. The van der Waals surface area contributed by atoms with Gasteiger partial charge in [-0.3, -0.25) is 9.59 Å². The molecule has 0 heterocycles. The molecule has 0 aromatic heterocycles. The number of nitrogens with one attached hydrogen (secondary N) is 2. The molecule has 0 aliphatic rings. The van der Waals surface area contributed by atoms with E-state index in [9.17, 15) is 9.59 Å². The minimum absolute atomic E-state index is 0.156. The Morgan fingerprint density at radius 1 is 1.00 bits per heavy atom. The fourth-order valence-electron chi connectivity index (χ4n) is 2.39. The van der Waals surface area contributed by atoms with Crippen LogP contribution in [-0.2, 0) is 4.79 Å². The van der Waals surface area contributed by atoms with Crippen molar-refractivity contribution in [3.8, 4) is 11.5 Å². The van der Waals surface area contributed by atoms with Gasteiger partial charge in [0.05, 0.1) is 17.9 Å². The van der Waals surface area contributed by atoms with Crippen LogP contribution in [0.1, 0.15) is 29.3 Å². The van der Waals surface area contributed by atoms with E-state index in [-0.39, 0.29) is 18.4 Å². The molecule has 0 unspecified atom stereocenters. The minimum Gasteiger partial charge on any atom is -0.494 e. The first kappa shape index (κ1) is 19.3. The summed E-state index contributed by atoms with van der Waals surface area (Å²) in [6, 6.07) is 12.4. The number of carbonyl (C=O) groups excluding carboxylic acids is 2. The van der Waals surface area contributed by atoms with E-state index in [0.29, 0.717) is 23.6 Å². The third kappa shape index (κ3) is 5.24. The summed E-state index contributed by atoms with van der Waals surface area (Å²) in [5.41, 5.74) is 1.69. The fourth-order valence-corrected chi connectivity index (χ4v) is 2.39. The van der Waals surface area contributed by atoms with Crippen molar-refractivity contribution >= 4 is 17.5 Å². The van der Waals surface area contributed by atoms with Gasteiger partial charge in [0.25, 0.3) is 11.8 Å². The number of hydrogen-bond donors (Lipinski definition) is 2. The molecule has 2 rings (SSSR count). The van der Waals surface area contributed by atoms with Gasteiger partial charge >= 0.3 is 0 Å². The van der Waals surface area contributed by atoms with E-state index in [2.05, 4.69) is 10.6 Å². The lowest BCUT2D eigenvalue weighted by molar-refractivity contribution is -0.118. The summed E-state index contributed by atoms with van der Waals surface area (Å²) in [6.07, 6.45) is 0.940. The van der Waals surface area contributed by atoms with E-state index in [1.165, 1.54) is 0 Å². The number of anilines is 1. The summed E-state index contributed by atoms with van der Waals surface area (Å²) in [5.74, 6) is 0.743. The predicted octanol–water partition coefficient (Wildman–Crippen LogP) is 3.16. The van der Waals surface area contributed by atoms with Crippen molar-refractivity contribution in [2.75, 3.05) is 25.6 Å². The van der Waals surface area contributed by atoms with Crippen molar-refractivity contribution in [1.29, 1.82) is 0 Å². The number of aryl methyl sites for hydroxylation is 1. The van der Waals surface area contributed by atoms with E-state index in [4.69, 9.17) is 9.47 Å². The Morgan fingerprint density at radius 3 is 2.27 bits per heavy atom. The van der Waals surface area contributed by atoms with Gasteiger partial charge in [0.15, 0.2) is 6.61 Å². The second-order valence-corrected chi connectivity index (χ2v) is 5.73. The van der Waals surface area contributed by atoms with Crippen molar-refractivity contribution in [3.05, 3.63) is 53.6 Å². The summed E-state index contributed by atoms with van der Waals surface area (Å²) in [7, 11) is 1.55. The zero-order chi connectivity index (χ0) is 18.9. The molecule has 0 saturated carbocycles. The number of ether oxygens (including phenoxy) is 2. The van der Waals surface area contributed by atoms with Crippen LogP contribution in [0.15, 0.2) is 42.5 Å². The average molecular weight is 356 g/mol. The highest BCUT2D eigenvalue weighted by atomic mass is 16.5. The van der Waals surface area contributed by atoms with Gasteiger partial charge in [-0.1, -0.05) is 19.1 Å². The second-order valence-electron chi connectivity index (χ2n) is 5.73. The molecule has 138 valence electrons. The molecule has 2 aromatic carbocycles. The Labute approximate surface area is 153 Å². The van der Waals surface area contributed by atoms with Gasteiger partial charge in [0.2, 0.25) is 0 Å². The van der Waals surface area contributed by atoms with E-state index in [0.717, 1.165) is 17.7 Å². The Bertz CT molecular complexity index is 757. The number of amides is 2. The van der Waals surface area contributed by atoms with Crippen LogP contribution in [0.3, 0.4) is 0 Å². The smallest absolute Gasteiger partial charge is 0.262 e. The topological polar surface area (TPSA) is 76.7 Å². The van der Waals surface area contributed by atoms with Crippen molar-refractivity contribution in [3.63, 3.8) is 0 Å². The molecule has 0 radical (unpaired) electrons. The predicted molar refractivity (Wildman–Crippen MR) is 101 cm³/mol. The van der Waals surface area contributed by atoms with E-state index in [1.807, 2.05) is 19.9 Å². The van der Waals surface area contributed by atoms with Crippen LogP contribution in [0.5, 0.6) is 11.5 Å². The van der Waals surface area contributed by atoms with Gasteiger partial charge in [0, 0.05) is 7.05 Å². The molecule has 0 bridgehead atoms. The summed E-state index contributed by atoms with van der Waals surface area (Å²) < 4.78 is 11.0. The lowest BCUT2D eigenvalue weighted by atomic mass is 10.1. The van der Waals surface area contributed by atoms with E-state index < -0.39 is 0 Å².